The van der Waals surface area contributed by atoms with Crippen LogP contribution < -0.4 is 24.6 Å². The molecule has 0 aliphatic carbocycles. The van der Waals surface area contributed by atoms with Crippen molar-refractivity contribution in [1.82, 2.24) is 15.2 Å². The zero-order valence-corrected chi connectivity index (χ0v) is 25.1. The van der Waals surface area contributed by atoms with Crippen LogP contribution in [0, 0.1) is 11.6 Å². The van der Waals surface area contributed by atoms with E-state index in [9.17, 15) is 9.90 Å². The van der Waals surface area contributed by atoms with Gasteiger partial charge in [-0.2, -0.15) is 0 Å². The Morgan fingerprint density at radius 3 is 2.21 bits per heavy atom. The van der Waals surface area contributed by atoms with Crippen LogP contribution in [0.4, 0.5) is 20.4 Å². The van der Waals surface area contributed by atoms with Crippen molar-refractivity contribution >= 4 is 29.1 Å². The van der Waals surface area contributed by atoms with E-state index >= 15 is 8.78 Å². The van der Waals surface area contributed by atoms with Crippen molar-refractivity contribution in [3.8, 4) is 11.5 Å². The van der Waals surface area contributed by atoms with E-state index in [0.29, 0.717) is 34.5 Å². The number of pyridine rings is 1. The molecule has 2 aromatic carbocycles. The normalized spacial score (nSPS) is 26.7. The second kappa shape index (κ2) is 11.4. The van der Waals surface area contributed by atoms with Gasteiger partial charge in [0.05, 0.1) is 20.3 Å². The standard InChI is InChI=1S/C31H34ClF2N5O4/c1-16-27(28-23(33)10-21(42-3)11-24(28)34)29(36-30(40)17-5-7-18(32)8-6-17)31(41)39(16)26-13-22(43-4)12-25(35-26)38-15-19-9-20(38)14-37(19)2/h5-8,10-13,16,19-20,27,29,31,41H,9,14-15H2,1-4H3,(H,36,40)/t16-,19-,20-,27-,29?,31?/m0/s1. The number of hydrogen-bond donors (Lipinski definition) is 2. The van der Waals surface area contributed by atoms with Crippen LogP contribution in [0.3, 0.4) is 0 Å². The number of carbonyl (C=O) groups excluding carboxylic acids is 1. The van der Waals surface area contributed by atoms with Gasteiger partial charge >= 0.3 is 0 Å². The molecule has 3 aliphatic heterocycles. The van der Waals surface area contributed by atoms with Gasteiger partial charge in [-0.3, -0.25) is 9.69 Å². The Morgan fingerprint density at radius 1 is 1.00 bits per heavy atom. The number of ether oxygens (including phenoxy) is 2. The third-order valence-corrected chi connectivity index (χ3v) is 9.31. The Bertz CT molecular complexity index is 1500. The smallest absolute Gasteiger partial charge is 0.251 e. The van der Waals surface area contributed by atoms with Crippen molar-refractivity contribution in [2.45, 2.75) is 49.7 Å². The number of likely N-dealkylation sites (N-methyl/N-ethyl adjacent to an activating group) is 1. The molecule has 4 heterocycles. The molecule has 3 aliphatic rings. The summed E-state index contributed by atoms with van der Waals surface area (Å²) in [5, 5.41) is 15.1. The molecule has 0 radical (unpaired) electrons. The number of carbonyl (C=O) groups is 1. The van der Waals surface area contributed by atoms with Gasteiger partial charge in [0.1, 0.15) is 41.0 Å². The third-order valence-electron chi connectivity index (χ3n) is 9.06. The predicted molar refractivity (Wildman–Crippen MR) is 159 cm³/mol. The van der Waals surface area contributed by atoms with E-state index in [1.54, 1.807) is 49.3 Å². The van der Waals surface area contributed by atoms with Gasteiger partial charge in [-0.15, -0.1) is 0 Å². The van der Waals surface area contributed by atoms with E-state index in [1.165, 1.54) is 7.11 Å². The van der Waals surface area contributed by atoms with Crippen LogP contribution in [0.5, 0.6) is 11.5 Å². The van der Waals surface area contributed by atoms with Gasteiger partial charge < -0.3 is 29.7 Å². The third kappa shape index (κ3) is 5.23. The Morgan fingerprint density at radius 2 is 1.63 bits per heavy atom. The van der Waals surface area contributed by atoms with E-state index in [-0.39, 0.29) is 16.9 Å². The molecular formula is C31H34ClF2N5O4. The SMILES string of the molecule is COc1cc(N2C[C@@H]3C[C@H]2CN3C)nc(N2C(O)C(NC(=O)c3ccc(Cl)cc3)[C@H](c3c(F)cc(OC)cc3F)[C@@H]2C)c1. The van der Waals surface area contributed by atoms with Crippen LogP contribution in [0.25, 0.3) is 0 Å². The quantitative estimate of drug-likeness (QED) is 0.413. The molecule has 0 saturated carbocycles. The van der Waals surface area contributed by atoms with Crippen LogP contribution in [-0.2, 0) is 0 Å². The average molecular weight is 614 g/mol. The van der Waals surface area contributed by atoms with Crippen LogP contribution in [-0.4, -0.2) is 85.6 Å². The Balaban J connectivity index is 1.41. The number of methoxy groups -OCH3 is 2. The molecule has 2 bridgehead atoms. The van der Waals surface area contributed by atoms with E-state index in [4.69, 9.17) is 26.1 Å². The molecule has 2 unspecified atom stereocenters. The molecule has 6 atom stereocenters. The highest BCUT2D eigenvalue weighted by atomic mass is 35.5. The van der Waals surface area contributed by atoms with Crippen LogP contribution in [0.1, 0.15) is 35.2 Å². The number of nitrogens with zero attached hydrogens (tertiary/aromatic N) is 4. The first-order chi connectivity index (χ1) is 20.6. The largest absolute Gasteiger partial charge is 0.497 e. The maximum Gasteiger partial charge on any atom is 0.251 e. The Kier molecular flexibility index (Phi) is 7.82. The van der Waals surface area contributed by atoms with E-state index < -0.39 is 41.8 Å². The van der Waals surface area contributed by atoms with Gasteiger partial charge in [0.2, 0.25) is 0 Å². The molecule has 0 spiro atoms. The maximum atomic E-state index is 15.6. The number of anilines is 2. The molecule has 228 valence electrons. The number of halogens is 3. The lowest BCUT2D eigenvalue weighted by Crippen LogP contribution is -2.47. The van der Waals surface area contributed by atoms with Crippen molar-refractivity contribution in [2.24, 2.45) is 0 Å². The van der Waals surface area contributed by atoms with Gasteiger partial charge in [-0.1, -0.05) is 11.6 Å². The number of hydrogen-bond acceptors (Lipinski definition) is 8. The monoisotopic (exact) mass is 613 g/mol. The number of aromatic nitrogens is 1. The summed E-state index contributed by atoms with van der Waals surface area (Å²) >= 11 is 6.00. The summed E-state index contributed by atoms with van der Waals surface area (Å²) in [5.74, 6) is -1.59. The second-order valence-electron chi connectivity index (χ2n) is 11.5. The highest BCUT2D eigenvalue weighted by molar-refractivity contribution is 6.30. The number of aliphatic hydroxyl groups excluding tert-OH is 1. The first-order valence-corrected chi connectivity index (χ1v) is 14.6. The van der Waals surface area contributed by atoms with E-state index in [0.717, 1.165) is 31.6 Å². The first-order valence-electron chi connectivity index (χ1n) is 14.2. The lowest BCUT2D eigenvalue weighted by Gasteiger charge is -2.34. The van der Waals surface area contributed by atoms with Gasteiger partial charge in [0.15, 0.2) is 0 Å². The molecule has 3 saturated heterocycles. The Hall–Kier alpha value is -3.67. The second-order valence-corrected chi connectivity index (χ2v) is 11.9. The summed E-state index contributed by atoms with van der Waals surface area (Å²) in [6.45, 7) is 3.47. The molecule has 3 aromatic rings. The zero-order chi connectivity index (χ0) is 30.6. The fraction of sp³-hybridized carbons (Fsp3) is 0.419. The minimum absolute atomic E-state index is 0.0215. The predicted octanol–water partition coefficient (Wildman–Crippen LogP) is 4.03. The molecule has 1 aromatic heterocycles. The summed E-state index contributed by atoms with van der Waals surface area (Å²) in [4.78, 5) is 24.4. The first kappa shape index (κ1) is 29.4. The van der Waals surface area contributed by atoms with Crippen LogP contribution in [0.2, 0.25) is 5.02 Å². The summed E-state index contributed by atoms with van der Waals surface area (Å²) < 4.78 is 41.8. The molecule has 12 heteroatoms. The summed E-state index contributed by atoms with van der Waals surface area (Å²) in [7, 11) is 4.99. The fourth-order valence-electron chi connectivity index (χ4n) is 6.86. The number of likely N-dealkylation sites (tertiary alicyclic amines) is 1. The van der Waals surface area contributed by atoms with E-state index in [1.807, 2.05) is 6.07 Å². The number of nitrogens with one attached hydrogen (secondary N) is 1. The summed E-state index contributed by atoms with van der Waals surface area (Å²) in [6, 6.07) is 10.9. The maximum absolute atomic E-state index is 15.6. The van der Waals surface area contributed by atoms with Crippen molar-refractivity contribution in [2.75, 3.05) is 44.2 Å². The molecule has 2 N–H and O–H groups in total. The summed E-state index contributed by atoms with van der Waals surface area (Å²) in [6.07, 6.45) is -0.351. The van der Waals surface area contributed by atoms with Crippen molar-refractivity contribution < 1.29 is 28.2 Å². The average Bonchev–Trinajstić information content (AvgIpc) is 3.64. The fourth-order valence-corrected chi connectivity index (χ4v) is 6.98. The molecule has 3 fully saturated rings. The number of fused-ring (bicyclic) bond motifs is 2. The number of aliphatic hydroxyl groups is 1. The molecule has 6 rings (SSSR count). The summed E-state index contributed by atoms with van der Waals surface area (Å²) in [5.41, 5.74) is 0.0206. The highest BCUT2D eigenvalue weighted by Crippen LogP contribution is 2.44. The van der Waals surface area contributed by atoms with Gasteiger partial charge in [-0.25, -0.2) is 13.8 Å². The lowest BCUT2D eigenvalue weighted by atomic mass is 9.87. The minimum Gasteiger partial charge on any atom is -0.497 e. The van der Waals surface area contributed by atoms with Gasteiger partial charge in [0.25, 0.3) is 5.91 Å². The van der Waals surface area contributed by atoms with Gasteiger partial charge in [-0.05, 0) is 44.7 Å². The number of amides is 1. The molecule has 9 nitrogen and oxygen atoms in total. The van der Waals surface area contributed by atoms with Crippen molar-refractivity contribution in [3.63, 3.8) is 0 Å². The minimum atomic E-state index is -1.38. The van der Waals surface area contributed by atoms with Crippen LogP contribution >= 0.6 is 11.6 Å². The van der Waals surface area contributed by atoms with E-state index in [2.05, 4.69) is 22.2 Å². The Labute approximate surface area is 254 Å². The van der Waals surface area contributed by atoms with Crippen molar-refractivity contribution in [1.29, 1.82) is 0 Å². The number of rotatable bonds is 7. The van der Waals surface area contributed by atoms with Gasteiger partial charge in [0, 0.05) is 77.5 Å². The zero-order valence-electron chi connectivity index (χ0n) is 24.3. The lowest BCUT2D eigenvalue weighted by molar-refractivity contribution is 0.0863. The highest BCUT2D eigenvalue weighted by Gasteiger charge is 2.51. The van der Waals surface area contributed by atoms with Crippen molar-refractivity contribution in [3.05, 3.63) is 76.3 Å². The molecule has 43 heavy (non-hydrogen) atoms. The van der Waals surface area contributed by atoms with Crippen LogP contribution in [0.15, 0.2) is 48.5 Å². The number of piperazine rings is 1. The topological polar surface area (TPSA) is 90.4 Å². The molecular weight excluding hydrogens is 580 g/mol. The molecule has 1 amide bonds. The number of benzene rings is 2.